The molecule has 2 amide bonds. The van der Waals surface area contributed by atoms with Gasteiger partial charge in [-0.1, -0.05) is 6.07 Å². The van der Waals surface area contributed by atoms with Gasteiger partial charge in [-0.3, -0.25) is 9.59 Å². The molecule has 2 N–H and O–H groups in total. The minimum Gasteiger partial charge on any atom is -0.484 e. The summed E-state index contributed by atoms with van der Waals surface area (Å²) in [6, 6.07) is 16.5. The number of aromatic nitrogens is 2. The van der Waals surface area contributed by atoms with Crippen LogP contribution >= 0.6 is 11.8 Å². The second-order valence-electron chi connectivity index (χ2n) is 7.69. The summed E-state index contributed by atoms with van der Waals surface area (Å²) in [5.41, 5.74) is 3.20. The molecule has 3 aromatic rings. The first-order valence-electron chi connectivity index (χ1n) is 10.4. The van der Waals surface area contributed by atoms with Crippen LogP contribution in [0.15, 0.2) is 64.6 Å². The molecule has 0 atom stereocenters. The fraction of sp³-hybridized carbons (Fsp3) is 0.250. The van der Waals surface area contributed by atoms with E-state index in [4.69, 9.17) is 4.74 Å². The summed E-state index contributed by atoms with van der Waals surface area (Å²) in [6.45, 7) is 3.76. The van der Waals surface area contributed by atoms with Crippen molar-refractivity contribution >= 4 is 35.0 Å². The number of amides is 2. The van der Waals surface area contributed by atoms with Crippen LogP contribution in [0.2, 0.25) is 0 Å². The summed E-state index contributed by atoms with van der Waals surface area (Å²) >= 11 is 1.47. The van der Waals surface area contributed by atoms with E-state index in [-0.39, 0.29) is 24.3 Å². The zero-order valence-corrected chi connectivity index (χ0v) is 18.7. The molecule has 0 saturated heterocycles. The summed E-state index contributed by atoms with van der Waals surface area (Å²) < 4.78 is 5.58. The van der Waals surface area contributed by atoms with Crippen molar-refractivity contribution < 1.29 is 14.3 Å². The second-order valence-corrected chi connectivity index (χ2v) is 8.73. The van der Waals surface area contributed by atoms with Crippen LogP contribution in [0.5, 0.6) is 5.75 Å². The Morgan fingerprint density at radius 1 is 0.969 bits per heavy atom. The van der Waals surface area contributed by atoms with Crippen LogP contribution in [-0.2, 0) is 9.59 Å². The van der Waals surface area contributed by atoms with Crippen molar-refractivity contribution in [2.45, 2.75) is 36.7 Å². The monoisotopic (exact) mass is 448 g/mol. The van der Waals surface area contributed by atoms with Gasteiger partial charge in [-0.05, 0) is 80.9 Å². The Bertz CT molecular complexity index is 1110. The molecule has 7 nitrogen and oxygen atoms in total. The highest BCUT2D eigenvalue weighted by Gasteiger charge is 2.29. The van der Waals surface area contributed by atoms with E-state index in [1.807, 2.05) is 44.2 Å². The van der Waals surface area contributed by atoms with Crippen LogP contribution in [0.25, 0.3) is 0 Å². The lowest BCUT2D eigenvalue weighted by molar-refractivity contribution is -0.118. The predicted octanol–water partition coefficient (Wildman–Crippen LogP) is 4.61. The molecule has 8 heteroatoms. The molecule has 1 aliphatic carbocycles. The van der Waals surface area contributed by atoms with Gasteiger partial charge in [0.15, 0.2) is 11.8 Å². The van der Waals surface area contributed by atoms with Crippen LogP contribution in [0, 0.1) is 19.8 Å². The van der Waals surface area contributed by atoms with E-state index in [9.17, 15) is 9.59 Å². The first-order chi connectivity index (χ1) is 15.4. The molecule has 1 fully saturated rings. The molecule has 1 saturated carbocycles. The molecular weight excluding hydrogens is 424 g/mol. The Morgan fingerprint density at radius 2 is 1.69 bits per heavy atom. The maximum Gasteiger partial charge on any atom is 0.262 e. The summed E-state index contributed by atoms with van der Waals surface area (Å²) in [4.78, 5) is 34.0. The molecular formula is C24H24N4O3S. The number of carbonyl (C=O) groups excluding carboxylic acids is 2. The maximum atomic E-state index is 12.3. The largest absolute Gasteiger partial charge is 0.484 e. The summed E-state index contributed by atoms with van der Waals surface area (Å²) in [7, 11) is 0. The SMILES string of the molecule is Cc1cc(C)nc(Sc2ccc(NC(=O)COc3cccc(NC(=O)C4CC4)c3)cc2)n1. The minimum atomic E-state index is -0.268. The van der Waals surface area contributed by atoms with E-state index < -0.39 is 0 Å². The highest BCUT2D eigenvalue weighted by Crippen LogP contribution is 2.30. The van der Waals surface area contributed by atoms with Gasteiger partial charge in [0.1, 0.15) is 5.75 Å². The standard InChI is InChI=1S/C24H24N4O3S/c1-15-12-16(2)26-24(25-15)32-21-10-8-18(9-11-21)27-22(29)14-31-20-5-3-4-19(13-20)28-23(30)17-6-7-17/h3-5,8-13,17H,6-7,14H2,1-2H3,(H,27,29)(H,28,30). The maximum absolute atomic E-state index is 12.3. The third kappa shape index (κ3) is 6.31. The zero-order chi connectivity index (χ0) is 22.5. The molecule has 164 valence electrons. The van der Waals surface area contributed by atoms with E-state index in [2.05, 4.69) is 20.6 Å². The van der Waals surface area contributed by atoms with E-state index in [0.717, 1.165) is 29.1 Å². The second kappa shape index (κ2) is 9.82. The Morgan fingerprint density at radius 3 is 2.38 bits per heavy atom. The minimum absolute atomic E-state index is 0.0330. The zero-order valence-electron chi connectivity index (χ0n) is 17.9. The van der Waals surface area contributed by atoms with Crippen LogP contribution in [0.4, 0.5) is 11.4 Å². The average molecular weight is 449 g/mol. The number of hydrogen-bond donors (Lipinski definition) is 2. The van der Waals surface area contributed by atoms with Gasteiger partial charge in [-0.15, -0.1) is 0 Å². The lowest BCUT2D eigenvalue weighted by Crippen LogP contribution is -2.20. The lowest BCUT2D eigenvalue weighted by Gasteiger charge is -2.10. The number of nitrogens with zero attached hydrogens (tertiary/aromatic N) is 2. The summed E-state index contributed by atoms with van der Waals surface area (Å²) in [6.07, 6.45) is 1.89. The van der Waals surface area contributed by atoms with Crippen molar-refractivity contribution in [3.8, 4) is 5.75 Å². The van der Waals surface area contributed by atoms with Gasteiger partial charge in [0.05, 0.1) is 0 Å². The third-order valence-electron chi connectivity index (χ3n) is 4.73. The fourth-order valence-corrected chi connectivity index (χ4v) is 3.91. The summed E-state index contributed by atoms with van der Waals surface area (Å²) in [5.74, 6) is 0.415. The molecule has 1 aromatic heterocycles. The number of hydrogen-bond acceptors (Lipinski definition) is 6. The van der Waals surface area contributed by atoms with Gasteiger partial charge >= 0.3 is 0 Å². The van der Waals surface area contributed by atoms with Gasteiger partial charge in [0.25, 0.3) is 5.91 Å². The fourth-order valence-electron chi connectivity index (χ4n) is 3.05. The highest BCUT2D eigenvalue weighted by molar-refractivity contribution is 7.99. The average Bonchev–Trinajstić information content (AvgIpc) is 3.59. The molecule has 2 aromatic carbocycles. The number of anilines is 2. The van der Waals surface area contributed by atoms with E-state index in [0.29, 0.717) is 22.3 Å². The third-order valence-corrected chi connectivity index (χ3v) is 5.60. The number of nitrogens with one attached hydrogen (secondary N) is 2. The van der Waals surface area contributed by atoms with Crippen molar-refractivity contribution in [2.75, 3.05) is 17.2 Å². The van der Waals surface area contributed by atoms with Crippen LogP contribution in [-0.4, -0.2) is 28.4 Å². The molecule has 0 spiro atoms. The van der Waals surface area contributed by atoms with Crippen molar-refractivity contribution in [3.05, 3.63) is 66.0 Å². The van der Waals surface area contributed by atoms with Crippen LogP contribution in [0.1, 0.15) is 24.2 Å². The van der Waals surface area contributed by atoms with Gasteiger partial charge in [0, 0.05) is 39.6 Å². The molecule has 0 bridgehead atoms. The number of aryl methyl sites for hydroxylation is 2. The quantitative estimate of drug-likeness (QED) is 0.489. The molecule has 1 heterocycles. The van der Waals surface area contributed by atoms with E-state index in [1.54, 1.807) is 24.3 Å². The van der Waals surface area contributed by atoms with Crippen LogP contribution < -0.4 is 15.4 Å². The Labute approximate surface area is 191 Å². The number of rotatable bonds is 8. The molecule has 0 unspecified atom stereocenters. The molecule has 0 aliphatic heterocycles. The Hall–Kier alpha value is -3.39. The number of ether oxygens (including phenoxy) is 1. The topological polar surface area (TPSA) is 93.2 Å². The van der Waals surface area contributed by atoms with Gasteiger partial charge in [-0.2, -0.15) is 0 Å². The lowest BCUT2D eigenvalue weighted by atomic mass is 10.3. The molecule has 32 heavy (non-hydrogen) atoms. The predicted molar refractivity (Wildman–Crippen MR) is 124 cm³/mol. The number of benzene rings is 2. The van der Waals surface area contributed by atoms with Crippen molar-refractivity contribution in [1.29, 1.82) is 0 Å². The molecule has 0 radical (unpaired) electrons. The Kier molecular flexibility index (Phi) is 6.70. The van der Waals surface area contributed by atoms with Gasteiger partial charge in [-0.25, -0.2) is 9.97 Å². The first-order valence-corrected chi connectivity index (χ1v) is 11.2. The van der Waals surface area contributed by atoms with Crippen molar-refractivity contribution in [1.82, 2.24) is 9.97 Å². The highest BCUT2D eigenvalue weighted by atomic mass is 32.2. The molecule has 1 aliphatic rings. The summed E-state index contributed by atoms with van der Waals surface area (Å²) in [5, 5.41) is 6.38. The van der Waals surface area contributed by atoms with Crippen LogP contribution in [0.3, 0.4) is 0 Å². The van der Waals surface area contributed by atoms with Gasteiger partial charge < -0.3 is 15.4 Å². The molecule has 4 rings (SSSR count). The Balaban J connectivity index is 1.27. The van der Waals surface area contributed by atoms with E-state index >= 15 is 0 Å². The normalized spacial score (nSPS) is 12.8. The van der Waals surface area contributed by atoms with Crippen molar-refractivity contribution in [3.63, 3.8) is 0 Å². The number of carbonyl (C=O) groups is 2. The smallest absolute Gasteiger partial charge is 0.262 e. The van der Waals surface area contributed by atoms with Gasteiger partial charge in [0.2, 0.25) is 5.91 Å². The van der Waals surface area contributed by atoms with E-state index in [1.165, 1.54) is 11.8 Å². The first kappa shape index (κ1) is 21.8. The van der Waals surface area contributed by atoms with Crippen molar-refractivity contribution in [2.24, 2.45) is 5.92 Å².